The molecule has 1 aromatic rings. The van der Waals surface area contributed by atoms with E-state index in [0.29, 0.717) is 6.04 Å². The Balaban J connectivity index is 1.99. The highest BCUT2D eigenvalue weighted by atomic mass is 16.2. The molecular weight excluding hydrogens is 248 g/mol. The fourth-order valence-electron chi connectivity index (χ4n) is 2.74. The first kappa shape index (κ1) is 15.1. The molecule has 0 amide bonds. The van der Waals surface area contributed by atoms with Crippen molar-refractivity contribution in [2.45, 2.75) is 25.9 Å². The Morgan fingerprint density at radius 3 is 2.95 bits per heavy atom. The Labute approximate surface area is 122 Å². The summed E-state index contributed by atoms with van der Waals surface area (Å²) in [5.41, 5.74) is 2.28. The van der Waals surface area contributed by atoms with Crippen LogP contribution in [0.5, 0.6) is 0 Å². The lowest BCUT2D eigenvalue weighted by Gasteiger charge is -2.39. The van der Waals surface area contributed by atoms with Crippen molar-refractivity contribution in [1.29, 1.82) is 0 Å². The zero-order valence-electron chi connectivity index (χ0n) is 12.5. The van der Waals surface area contributed by atoms with E-state index in [1.807, 2.05) is 12.1 Å². The standard InChI is InChI=1S/C17H24N2O/c1-3-17-14-19(10-9-18(17)2)13-16-7-4-6-15(12-16)8-5-11-20/h4,6-7,12,17,20H,3,9-11,13-14H2,1-2H3. The van der Waals surface area contributed by atoms with E-state index in [1.165, 1.54) is 12.0 Å². The van der Waals surface area contributed by atoms with Crippen LogP contribution in [0.4, 0.5) is 0 Å². The molecule has 1 aromatic carbocycles. The second kappa shape index (κ2) is 7.44. The van der Waals surface area contributed by atoms with Crippen molar-refractivity contribution in [3.63, 3.8) is 0 Å². The Hall–Kier alpha value is -1.34. The molecule has 1 unspecified atom stereocenters. The molecule has 0 bridgehead atoms. The normalized spacial score (nSPS) is 20.4. The smallest absolute Gasteiger partial charge is 0.104 e. The Morgan fingerprint density at radius 2 is 2.20 bits per heavy atom. The molecular formula is C17H24N2O. The van der Waals surface area contributed by atoms with Gasteiger partial charge in [-0.05, 0) is 31.2 Å². The molecule has 1 saturated heterocycles. The first-order valence-electron chi connectivity index (χ1n) is 7.34. The molecule has 1 atom stereocenters. The van der Waals surface area contributed by atoms with Crippen LogP contribution in [0.15, 0.2) is 24.3 Å². The lowest BCUT2D eigenvalue weighted by atomic mass is 10.1. The van der Waals surface area contributed by atoms with Crippen molar-refractivity contribution in [3.05, 3.63) is 35.4 Å². The monoisotopic (exact) mass is 272 g/mol. The first-order chi connectivity index (χ1) is 9.72. The van der Waals surface area contributed by atoms with Gasteiger partial charge in [0.05, 0.1) is 0 Å². The summed E-state index contributed by atoms with van der Waals surface area (Å²) in [5.74, 6) is 5.67. The van der Waals surface area contributed by atoms with E-state index in [4.69, 9.17) is 5.11 Å². The number of hydrogen-bond donors (Lipinski definition) is 1. The molecule has 1 aliphatic heterocycles. The molecule has 1 fully saturated rings. The predicted molar refractivity (Wildman–Crippen MR) is 82.4 cm³/mol. The largest absolute Gasteiger partial charge is 0.384 e. The number of piperazine rings is 1. The Bertz CT molecular complexity index is 489. The molecule has 3 heteroatoms. The molecule has 3 nitrogen and oxygen atoms in total. The van der Waals surface area contributed by atoms with Crippen LogP contribution in [0, 0.1) is 11.8 Å². The van der Waals surface area contributed by atoms with Crippen LogP contribution in [0.1, 0.15) is 24.5 Å². The molecule has 2 rings (SSSR count). The van der Waals surface area contributed by atoms with E-state index in [-0.39, 0.29) is 6.61 Å². The number of benzene rings is 1. The van der Waals surface area contributed by atoms with Crippen molar-refractivity contribution in [3.8, 4) is 11.8 Å². The second-order valence-corrected chi connectivity index (χ2v) is 5.44. The number of rotatable bonds is 3. The first-order valence-corrected chi connectivity index (χ1v) is 7.34. The maximum atomic E-state index is 8.75. The van der Waals surface area contributed by atoms with Gasteiger partial charge in [-0.1, -0.05) is 30.9 Å². The van der Waals surface area contributed by atoms with Crippen molar-refractivity contribution in [2.24, 2.45) is 0 Å². The maximum absolute atomic E-state index is 8.75. The van der Waals surface area contributed by atoms with Gasteiger partial charge in [0.2, 0.25) is 0 Å². The molecule has 0 spiro atoms. The van der Waals surface area contributed by atoms with Gasteiger partial charge in [0.25, 0.3) is 0 Å². The Kier molecular flexibility index (Phi) is 5.60. The molecule has 20 heavy (non-hydrogen) atoms. The van der Waals surface area contributed by atoms with Gasteiger partial charge >= 0.3 is 0 Å². The summed E-state index contributed by atoms with van der Waals surface area (Å²) in [6.45, 7) is 6.57. The van der Waals surface area contributed by atoms with Crippen LogP contribution >= 0.6 is 0 Å². The van der Waals surface area contributed by atoms with E-state index < -0.39 is 0 Å². The minimum atomic E-state index is -0.0825. The number of aliphatic hydroxyl groups excluding tert-OH is 1. The van der Waals surface area contributed by atoms with Crippen LogP contribution in [0.2, 0.25) is 0 Å². The van der Waals surface area contributed by atoms with E-state index in [2.05, 4.69) is 47.7 Å². The third-order valence-electron chi connectivity index (χ3n) is 3.98. The van der Waals surface area contributed by atoms with Crippen molar-refractivity contribution in [2.75, 3.05) is 33.3 Å². The zero-order chi connectivity index (χ0) is 14.4. The average Bonchev–Trinajstić information content (AvgIpc) is 2.47. The fourth-order valence-corrected chi connectivity index (χ4v) is 2.74. The lowest BCUT2D eigenvalue weighted by Crippen LogP contribution is -2.50. The number of nitrogens with zero attached hydrogens (tertiary/aromatic N) is 2. The van der Waals surface area contributed by atoms with Crippen molar-refractivity contribution < 1.29 is 5.11 Å². The molecule has 108 valence electrons. The highest BCUT2D eigenvalue weighted by molar-refractivity contribution is 5.37. The SMILES string of the molecule is CCC1CN(Cc2cccc(C#CCO)c2)CCN1C. The highest BCUT2D eigenvalue weighted by Gasteiger charge is 2.22. The van der Waals surface area contributed by atoms with Crippen LogP contribution < -0.4 is 0 Å². The highest BCUT2D eigenvalue weighted by Crippen LogP contribution is 2.14. The zero-order valence-corrected chi connectivity index (χ0v) is 12.5. The minimum absolute atomic E-state index is 0.0825. The molecule has 0 aliphatic carbocycles. The van der Waals surface area contributed by atoms with Gasteiger partial charge in [0.1, 0.15) is 6.61 Å². The number of likely N-dealkylation sites (N-methyl/N-ethyl adjacent to an activating group) is 1. The van der Waals surface area contributed by atoms with Gasteiger partial charge in [0.15, 0.2) is 0 Å². The summed E-state index contributed by atoms with van der Waals surface area (Å²) in [6.07, 6.45) is 1.20. The lowest BCUT2D eigenvalue weighted by molar-refractivity contribution is 0.0884. The molecule has 1 heterocycles. The van der Waals surface area contributed by atoms with Gasteiger partial charge in [-0.25, -0.2) is 0 Å². The van der Waals surface area contributed by atoms with Gasteiger partial charge in [-0.15, -0.1) is 0 Å². The number of aliphatic hydroxyl groups is 1. The molecule has 0 radical (unpaired) electrons. The van der Waals surface area contributed by atoms with E-state index in [0.717, 1.165) is 31.7 Å². The molecule has 0 saturated carbocycles. The Morgan fingerprint density at radius 1 is 1.35 bits per heavy atom. The van der Waals surface area contributed by atoms with Crippen LogP contribution in [0.25, 0.3) is 0 Å². The summed E-state index contributed by atoms with van der Waals surface area (Å²) in [4.78, 5) is 4.98. The van der Waals surface area contributed by atoms with Gasteiger partial charge in [-0.2, -0.15) is 0 Å². The summed E-state index contributed by atoms with van der Waals surface area (Å²) >= 11 is 0. The van der Waals surface area contributed by atoms with Crippen LogP contribution in [0.3, 0.4) is 0 Å². The maximum Gasteiger partial charge on any atom is 0.104 e. The second-order valence-electron chi connectivity index (χ2n) is 5.44. The summed E-state index contributed by atoms with van der Waals surface area (Å²) in [6, 6.07) is 8.99. The van der Waals surface area contributed by atoms with Crippen LogP contribution in [-0.2, 0) is 6.54 Å². The van der Waals surface area contributed by atoms with Gasteiger partial charge in [0, 0.05) is 37.8 Å². The van der Waals surface area contributed by atoms with Crippen molar-refractivity contribution in [1.82, 2.24) is 9.80 Å². The summed E-state index contributed by atoms with van der Waals surface area (Å²) < 4.78 is 0. The van der Waals surface area contributed by atoms with Gasteiger partial charge in [-0.3, -0.25) is 4.90 Å². The van der Waals surface area contributed by atoms with Crippen molar-refractivity contribution >= 4 is 0 Å². The summed E-state index contributed by atoms with van der Waals surface area (Å²) in [5, 5.41) is 8.75. The van der Waals surface area contributed by atoms with E-state index >= 15 is 0 Å². The molecule has 1 N–H and O–H groups in total. The van der Waals surface area contributed by atoms with Crippen LogP contribution in [-0.4, -0.2) is 54.2 Å². The summed E-state index contributed by atoms with van der Waals surface area (Å²) in [7, 11) is 2.22. The predicted octanol–water partition coefficient (Wildman–Crippen LogP) is 1.56. The third kappa shape index (κ3) is 4.08. The average molecular weight is 272 g/mol. The van der Waals surface area contributed by atoms with E-state index in [1.54, 1.807) is 0 Å². The number of hydrogen-bond acceptors (Lipinski definition) is 3. The van der Waals surface area contributed by atoms with E-state index in [9.17, 15) is 0 Å². The topological polar surface area (TPSA) is 26.7 Å². The molecule has 0 aromatic heterocycles. The van der Waals surface area contributed by atoms with Gasteiger partial charge < -0.3 is 10.0 Å². The quantitative estimate of drug-likeness (QED) is 0.846. The fraction of sp³-hybridized carbons (Fsp3) is 0.529. The molecule has 1 aliphatic rings. The minimum Gasteiger partial charge on any atom is -0.384 e. The third-order valence-corrected chi connectivity index (χ3v) is 3.98.